The Bertz CT molecular complexity index is 1350. The maximum absolute atomic E-state index is 13.4. The third-order valence-electron chi connectivity index (χ3n) is 6.14. The Morgan fingerprint density at radius 2 is 1.67 bits per heavy atom. The summed E-state index contributed by atoms with van der Waals surface area (Å²) in [5, 5.41) is 11.3. The molecule has 1 unspecified atom stereocenters. The molecule has 1 aliphatic rings. The largest absolute Gasteiger partial charge is 0.507 e. The van der Waals surface area contributed by atoms with Crippen LogP contribution in [0.25, 0.3) is 5.76 Å². The van der Waals surface area contributed by atoms with Crippen LogP contribution in [0.15, 0.2) is 78.4 Å². The number of rotatable bonds is 6. The molecule has 0 saturated carbocycles. The van der Waals surface area contributed by atoms with Crippen LogP contribution < -0.4 is 4.90 Å². The van der Waals surface area contributed by atoms with Gasteiger partial charge in [0.2, 0.25) is 0 Å². The van der Waals surface area contributed by atoms with E-state index in [1.807, 2.05) is 50.2 Å². The monoisotopic (exact) mass is 483 g/mol. The predicted molar refractivity (Wildman–Crippen MR) is 139 cm³/mol. The van der Waals surface area contributed by atoms with Gasteiger partial charge in [0.25, 0.3) is 11.7 Å². The number of ketones is 1. The van der Waals surface area contributed by atoms with Gasteiger partial charge < -0.3 is 9.84 Å². The number of carbonyl (C=O) groups excluding carboxylic acids is 3. The molecule has 6 heteroatoms. The molecule has 1 amide bonds. The number of hydrogen-bond donors (Lipinski definition) is 1. The highest BCUT2D eigenvalue weighted by Crippen LogP contribution is 2.42. The topological polar surface area (TPSA) is 83.9 Å². The van der Waals surface area contributed by atoms with Gasteiger partial charge in [-0.3, -0.25) is 14.5 Å². The molecule has 0 spiro atoms. The summed E-state index contributed by atoms with van der Waals surface area (Å²) < 4.78 is 5.31. The molecule has 1 atom stereocenters. The molecule has 6 nitrogen and oxygen atoms in total. The van der Waals surface area contributed by atoms with Crippen molar-refractivity contribution in [2.75, 3.05) is 4.90 Å². The number of anilines is 1. The summed E-state index contributed by atoms with van der Waals surface area (Å²) in [5.74, 6) is -2.32. The standard InChI is InChI=1S/C30H29NO5/c1-5-20-12-14-21(15-13-20)27(32)25-26(22-9-6-8-19(4)16-22)31(29(34)28(25)33)24-11-7-10-23(17-24)30(35)36-18(2)3/h6-18,26,32H,5H2,1-4H3/b27-25+. The molecule has 0 bridgehead atoms. The van der Waals surface area contributed by atoms with Crippen LogP contribution >= 0.6 is 0 Å². The maximum Gasteiger partial charge on any atom is 0.338 e. The minimum absolute atomic E-state index is 0.00464. The Hall–Kier alpha value is -4.19. The zero-order valence-electron chi connectivity index (χ0n) is 20.8. The Labute approximate surface area is 210 Å². The number of amides is 1. The van der Waals surface area contributed by atoms with Crippen molar-refractivity contribution in [1.29, 1.82) is 0 Å². The first-order valence-corrected chi connectivity index (χ1v) is 12.0. The Morgan fingerprint density at radius 3 is 2.31 bits per heavy atom. The lowest BCUT2D eigenvalue weighted by Crippen LogP contribution is -2.29. The maximum atomic E-state index is 13.4. The molecule has 1 saturated heterocycles. The van der Waals surface area contributed by atoms with Gasteiger partial charge in [-0.1, -0.05) is 67.1 Å². The molecule has 1 heterocycles. The SMILES string of the molecule is CCc1ccc(/C(O)=C2\C(=O)C(=O)N(c3cccc(C(=O)OC(C)C)c3)C2c2cccc(C)c2)cc1. The van der Waals surface area contributed by atoms with Crippen LogP contribution in [0.2, 0.25) is 0 Å². The van der Waals surface area contributed by atoms with Gasteiger partial charge >= 0.3 is 5.97 Å². The molecule has 3 aromatic carbocycles. The van der Waals surface area contributed by atoms with E-state index in [0.29, 0.717) is 16.8 Å². The zero-order valence-corrected chi connectivity index (χ0v) is 20.8. The van der Waals surface area contributed by atoms with Gasteiger partial charge in [0.1, 0.15) is 5.76 Å². The van der Waals surface area contributed by atoms with Gasteiger partial charge in [0.05, 0.1) is 23.3 Å². The summed E-state index contributed by atoms with van der Waals surface area (Å²) in [4.78, 5) is 40.6. The predicted octanol–water partition coefficient (Wildman–Crippen LogP) is 5.75. The number of aliphatic hydroxyl groups is 1. The van der Waals surface area contributed by atoms with Crippen LogP contribution in [0.4, 0.5) is 5.69 Å². The normalized spacial score (nSPS) is 17.0. The lowest BCUT2D eigenvalue weighted by molar-refractivity contribution is -0.132. The average Bonchev–Trinajstić information content (AvgIpc) is 3.13. The molecule has 0 aliphatic carbocycles. The molecular weight excluding hydrogens is 454 g/mol. The summed E-state index contributed by atoms with van der Waals surface area (Å²) in [6.07, 6.45) is 0.534. The lowest BCUT2D eigenvalue weighted by Gasteiger charge is -2.26. The summed E-state index contributed by atoms with van der Waals surface area (Å²) in [6.45, 7) is 7.46. The molecule has 1 aliphatic heterocycles. The van der Waals surface area contributed by atoms with Crippen molar-refractivity contribution in [3.8, 4) is 0 Å². The number of carbonyl (C=O) groups is 3. The Morgan fingerprint density at radius 1 is 0.972 bits per heavy atom. The van der Waals surface area contributed by atoms with Crippen molar-refractivity contribution in [2.45, 2.75) is 46.3 Å². The van der Waals surface area contributed by atoms with Gasteiger partial charge in [-0.2, -0.15) is 0 Å². The van der Waals surface area contributed by atoms with E-state index in [1.165, 1.54) is 11.0 Å². The van der Waals surface area contributed by atoms with Crippen LogP contribution in [0, 0.1) is 6.92 Å². The molecule has 184 valence electrons. The third kappa shape index (κ3) is 4.80. The number of benzene rings is 3. The van der Waals surface area contributed by atoms with E-state index in [2.05, 4.69) is 0 Å². The first-order valence-electron chi connectivity index (χ1n) is 12.0. The van der Waals surface area contributed by atoms with E-state index in [1.54, 1.807) is 44.2 Å². The summed E-state index contributed by atoms with van der Waals surface area (Å²) in [5.41, 5.74) is 3.80. The highest BCUT2D eigenvalue weighted by molar-refractivity contribution is 6.51. The molecule has 36 heavy (non-hydrogen) atoms. The van der Waals surface area contributed by atoms with Crippen molar-refractivity contribution in [2.24, 2.45) is 0 Å². The number of esters is 1. The quantitative estimate of drug-likeness (QED) is 0.209. The summed E-state index contributed by atoms with van der Waals surface area (Å²) >= 11 is 0. The second-order valence-corrected chi connectivity index (χ2v) is 9.14. The van der Waals surface area contributed by atoms with E-state index in [4.69, 9.17) is 4.74 Å². The average molecular weight is 484 g/mol. The second kappa shape index (κ2) is 10.2. The molecule has 1 N–H and O–H groups in total. The Balaban J connectivity index is 1.88. The van der Waals surface area contributed by atoms with Crippen LogP contribution in [-0.2, 0) is 20.7 Å². The van der Waals surface area contributed by atoms with Gasteiger partial charge in [-0.25, -0.2) is 4.79 Å². The molecular formula is C30H29NO5. The zero-order chi connectivity index (χ0) is 26.0. The second-order valence-electron chi connectivity index (χ2n) is 9.14. The molecule has 1 fully saturated rings. The smallest absolute Gasteiger partial charge is 0.338 e. The number of aliphatic hydroxyl groups excluding tert-OH is 1. The first kappa shape index (κ1) is 24.9. The highest BCUT2D eigenvalue weighted by Gasteiger charge is 2.47. The third-order valence-corrected chi connectivity index (χ3v) is 6.14. The fraction of sp³-hybridized carbons (Fsp3) is 0.233. The van der Waals surface area contributed by atoms with Crippen LogP contribution in [-0.4, -0.2) is 28.9 Å². The van der Waals surface area contributed by atoms with Crippen LogP contribution in [0.5, 0.6) is 0 Å². The van der Waals surface area contributed by atoms with Gasteiger partial charge in [0.15, 0.2) is 0 Å². The van der Waals surface area contributed by atoms with E-state index < -0.39 is 23.7 Å². The minimum Gasteiger partial charge on any atom is -0.507 e. The summed E-state index contributed by atoms with van der Waals surface area (Å²) in [7, 11) is 0. The molecule has 0 aromatic heterocycles. The minimum atomic E-state index is -0.868. The lowest BCUT2D eigenvalue weighted by atomic mass is 9.94. The van der Waals surface area contributed by atoms with E-state index in [-0.39, 0.29) is 23.0 Å². The van der Waals surface area contributed by atoms with Crippen molar-refractivity contribution < 1.29 is 24.2 Å². The number of nitrogens with zero attached hydrogens (tertiary/aromatic N) is 1. The van der Waals surface area contributed by atoms with Gasteiger partial charge in [-0.05, 0) is 56.5 Å². The molecule has 0 radical (unpaired) electrons. The first-order chi connectivity index (χ1) is 17.2. The molecule has 3 aromatic rings. The molecule has 4 rings (SSSR count). The van der Waals surface area contributed by atoms with E-state index in [0.717, 1.165) is 17.5 Å². The number of Topliss-reactive ketones (excluding diaryl/α,β-unsaturated/α-hetero) is 1. The van der Waals surface area contributed by atoms with E-state index >= 15 is 0 Å². The van der Waals surface area contributed by atoms with Crippen molar-refractivity contribution in [3.05, 3.63) is 106 Å². The van der Waals surface area contributed by atoms with Crippen molar-refractivity contribution in [1.82, 2.24) is 0 Å². The fourth-order valence-electron chi connectivity index (χ4n) is 4.37. The highest BCUT2D eigenvalue weighted by atomic mass is 16.5. The van der Waals surface area contributed by atoms with E-state index in [9.17, 15) is 19.5 Å². The van der Waals surface area contributed by atoms with Gasteiger partial charge in [-0.15, -0.1) is 0 Å². The summed E-state index contributed by atoms with van der Waals surface area (Å²) in [6, 6.07) is 20.3. The van der Waals surface area contributed by atoms with Crippen molar-refractivity contribution in [3.63, 3.8) is 0 Å². The van der Waals surface area contributed by atoms with Crippen LogP contribution in [0.3, 0.4) is 0 Å². The van der Waals surface area contributed by atoms with Gasteiger partial charge in [0, 0.05) is 11.3 Å². The Kier molecular flexibility index (Phi) is 7.06. The number of aryl methyl sites for hydroxylation is 2. The fourth-order valence-corrected chi connectivity index (χ4v) is 4.37. The number of ether oxygens (including phenoxy) is 1. The van der Waals surface area contributed by atoms with Crippen molar-refractivity contribution >= 4 is 29.1 Å². The number of hydrogen-bond acceptors (Lipinski definition) is 5. The van der Waals surface area contributed by atoms with Crippen LogP contribution in [0.1, 0.15) is 59.4 Å².